The first-order chi connectivity index (χ1) is 7.97. The quantitative estimate of drug-likeness (QED) is 0.407. The van der Waals surface area contributed by atoms with Gasteiger partial charge >= 0.3 is 22.4 Å². The minimum absolute atomic E-state index is 0. The van der Waals surface area contributed by atoms with Crippen molar-refractivity contribution in [2.75, 3.05) is 0 Å². The summed E-state index contributed by atoms with van der Waals surface area (Å²) in [7, 11) is 0. The molecule has 2 rings (SSSR count). The molecule has 0 spiro atoms. The predicted molar refractivity (Wildman–Crippen MR) is 64.9 cm³/mol. The first kappa shape index (κ1) is 17.6. The first-order valence-corrected chi connectivity index (χ1v) is 4.43. The zero-order chi connectivity index (χ0) is 12.2. The first-order valence-electron chi connectivity index (χ1n) is 4.43. The Balaban J connectivity index is 0. The van der Waals surface area contributed by atoms with Gasteiger partial charge in [-0.3, -0.25) is 0 Å². The van der Waals surface area contributed by atoms with Crippen LogP contribution in [0, 0.1) is 31.8 Å². The fourth-order valence-electron chi connectivity index (χ4n) is 1.07. The Morgan fingerprint density at radius 3 is 2.06 bits per heavy atom. The van der Waals surface area contributed by atoms with Crippen LogP contribution in [0.4, 0.5) is 0 Å². The molecule has 0 saturated carbocycles. The monoisotopic (exact) mass is 401 g/mol. The van der Waals surface area contributed by atoms with Crippen molar-refractivity contribution in [1.29, 1.82) is 0 Å². The molecule has 86 valence electrons. The van der Waals surface area contributed by atoms with Gasteiger partial charge in [-0.1, -0.05) is 12.1 Å². The summed E-state index contributed by atoms with van der Waals surface area (Å²) in [6, 6.07) is 16.8. The molecule has 0 radical (unpaired) electrons. The van der Waals surface area contributed by atoms with Gasteiger partial charge in [-0.2, -0.15) is 0 Å². The van der Waals surface area contributed by atoms with Crippen molar-refractivity contribution in [2.24, 2.45) is 0 Å². The molecule has 0 N–H and O–H groups in total. The molecule has 1 nitrogen and oxygen atoms in total. The fourth-order valence-corrected chi connectivity index (χ4v) is 1.07. The topological polar surface area (TPSA) is 12.9 Å². The minimum Gasteiger partial charge on any atom is -0.697 e. The summed E-state index contributed by atoms with van der Waals surface area (Å²) in [5.74, 6) is 0. The molecular formula is C15H10AuN. The van der Waals surface area contributed by atoms with Crippen molar-refractivity contribution in [3.8, 4) is 24.1 Å². The van der Waals surface area contributed by atoms with Gasteiger partial charge in [0.1, 0.15) is 0 Å². The number of hydrogen-bond acceptors (Lipinski definition) is 1. The van der Waals surface area contributed by atoms with Crippen LogP contribution in [0.5, 0.6) is 0 Å². The van der Waals surface area contributed by atoms with Gasteiger partial charge in [0, 0.05) is 6.20 Å². The molecule has 17 heavy (non-hydrogen) atoms. The van der Waals surface area contributed by atoms with Crippen molar-refractivity contribution < 1.29 is 22.4 Å². The molecule has 1 heterocycles. The summed E-state index contributed by atoms with van der Waals surface area (Å²) in [5, 5.41) is 0. The van der Waals surface area contributed by atoms with Gasteiger partial charge in [0.25, 0.3) is 0 Å². The van der Waals surface area contributed by atoms with Gasteiger partial charge in [-0.25, -0.2) is 0 Å². The summed E-state index contributed by atoms with van der Waals surface area (Å²) in [4.78, 5) is 4.22. The third kappa shape index (κ3) is 6.40. The minimum atomic E-state index is 0. The van der Waals surface area contributed by atoms with Gasteiger partial charge < -0.3 is 30.7 Å². The molecule has 0 unspecified atom stereocenters. The molecule has 2 heteroatoms. The van der Waals surface area contributed by atoms with Crippen molar-refractivity contribution >= 4 is 0 Å². The summed E-state index contributed by atoms with van der Waals surface area (Å²) in [6.07, 6.45) is 19.8. The Morgan fingerprint density at radius 1 is 0.941 bits per heavy atom. The van der Waals surface area contributed by atoms with Crippen LogP contribution in [0.1, 0.15) is 0 Å². The summed E-state index contributed by atoms with van der Waals surface area (Å²) < 4.78 is 0. The number of pyridine rings is 1. The van der Waals surface area contributed by atoms with Gasteiger partial charge in [0.05, 0.1) is 0 Å². The van der Waals surface area contributed by atoms with Crippen LogP contribution >= 0.6 is 0 Å². The zero-order valence-corrected chi connectivity index (χ0v) is 11.2. The van der Waals surface area contributed by atoms with E-state index in [0.717, 1.165) is 11.3 Å². The van der Waals surface area contributed by atoms with Crippen molar-refractivity contribution in [2.45, 2.75) is 0 Å². The van der Waals surface area contributed by atoms with Gasteiger partial charge in [0.15, 0.2) is 0 Å². The number of rotatable bonds is 1. The molecule has 0 bridgehead atoms. The maximum absolute atomic E-state index is 5.25. The van der Waals surface area contributed by atoms with Crippen LogP contribution in [-0.2, 0) is 22.4 Å². The Kier molecular flexibility index (Phi) is 12.7. The van der Waals surface area contributed by atoms with Gasteiger partial charge in [-0.05, 0) is 11.8 Å². The third-order valence-electron chi connectivity index (χ3n) is 1.65. The normalized spacial score (nSPS) is 7.06. The van der Waals surface area contributed by atoms with Crippen molar-refractivity contribution in [3.63, 3.8) is 0 Å². The van der Waals surface area contributed by atoms with E-state index in [-0.39, 0.29) is 22.4 Å². The second kappa shape index (κ2) is 12.3. The van der Waals surface area contributed by atoms with Crippen LogP contribution in [0.25, 0.3) is 11.3 Å². The summed E-state index contributed by atoms with van der Waals surface area (Å²) in [5.41, 5.74) is 2.01. The second-order valence-corrected chi connectivity index (χ2v) is 2.49. The predicted octanol–water partition coefficient (Wildman–Crippen LogP) is 2.96. The van der Waals surface area contributed by atoms with E-state index < -0.39 is 0 Å². The van der Waals surface area contributed by atoms with Gasteiger partial charge in [-0.15, -0.1) is 35.9 Å². The molecule has 0 fully saturated rings. The molecule has 0 aliphatic heterocycles. The third-order valence-corrected chi connectivity index (χ3v) is 1.65. The molecular weight excluding hydrogens is 391 g/mol. The largest absolute Gasteiger partial charge is 3.00 e. The maximum Gasteiger partial charge on any atom is 3.00 e. The molecule has 1 aromatic heterocycles. The van der Waals surface area contributed by atoms with E-state index in [0.29, 0.717) is 0 Å². The number of hydrogen-bond donors (Lipinski definition) is 0. The van der Waals surface area contributed by atoms with Crippen LogP contribution in [0.2, 0.25) is 0 Å². The zero-order valence-electron chi connectivity index (χ0n) is 9.02. The average Bonchev–Trinajstić information content (AvgIpc) is 2.45. The van der Waals surface area contributed by atoms with E-state index in [2.05, 4.69) is 23.9 Å². The molecule has 2 aromatic rings. The molecule has 0 aliphatic rings. The standard InChI is InChI=1S/C11H8N.2C2H.Au/c1-2-6-10(7-3-1)11-8-4-5-9-12-11;2*1-2;/h1-6,8-9H;2*1H;/q3*-1;+3. The average molecular weight is 401 g/mol. The van der Waals surface area contributed by atoms with Crippen LogP contribution in [-0.4, -0.2) is 4.98 Å². The summed E-state index contributed by atoms with van der Waals surface area (Å²) in [6.45, 7) is 0. The number of terminal acetylenes is 2. The Morgan fingerprint density at radius 2 is 1.59 bits per heavy atom. The Hall–Kier alpha value is -1.77. The number of aromatic nitrogens is 1. The van der Waals surface area contributed by atoms with Crippen LogP contribution < -0.4 is 0 Å². The molecule has 0 aliphatic carbocycles. The fraction of sp³-hybridized carbons (Fsp3) is 0. The van der Waals surface area contributed by atoms with Crippen molar-refractivity contribution in [3.05, 3.63) is 67.6 Å². The van der Waals surface area contributed by atoms with Crippen LogP contribution in [0.15, 0.2) is 48.7 Å². The molecule has 0 saturated heterocycles. The smallest absolute Gasteiger partial charge is 0.697 e. The number of nitrogens with zero attached hydrogens (tertiary/aromatic N) is 1. The number of benzene rings is 1. The second-order valence-electron chi connectivity index (χ2n) is 2.49. The van der Waals surface area contributed by atoms with Gasteiger partial charge in [0.2, 0.25) is 0 Å². The van der Waals surface area contributed by atoms with Crippen molar-refractivity contribution in [1.82, 2.24) is 4.98 Å². The van der Waals surface area contributed by atoms with E-state index in [1.54, 1.807) is 6.20 Å². The Bertz CT molecular complexity index is 374. The molecule has 0 amide bonds. The van der Waals surface area contributed by atoms with E-state index in [9.17, 15) is 0 Å². The molecule has 0 atom stereocenters. The van der Waals surface area contributed by atoms with E-state index in [4.69, 9.17) is 12.8 Å². The van der Waals surface area contributed by atoms with E-state index >= 15 is 0 Å². The molecule has 1 aromatic carbocycles. The summed E-state index contributed by atoms with van der Waals surface area (Å²) >= 11 is 0. The SMILES string of the molecule is [Au+3].[C-]#C.[C-]#C.[c-]1ccccc1-c1ccccn1. The maximum atomic E-state index is 5.25. The van der Waals surface area contributed by atoms with E-state index in [1.807, 2.05) is 42.5 Å². The van der Waals surface area contributed by atoms with E-state index in [1.165, 1.54) is 0 Å². The van der Waals surface area contributed by atoms with Crippen LogP contribution in [0.3, 0.4) is 0 Å². The Labute approximate surface area is 119 Å².